The minimum absolute atomic E-state index is 0.0338. The van der Waals surface area contributed by atoms with Crippen LogP contribution in [-0.2, 0) is 34.2 Å². The molecule has 1 amide bonds. The average molecular weight is 753 g/mol. The number of phosphoric ester groups is 1. The van der Waals surface area contributed by atoms with E-state index < -0.39 is 38.3 Å². The second kappa shape index (κ2) is 23.7. The van der Waals surface area contributed by atoms with Gasteiger partial charge in [-0.15, -0.1) is 0 Å². The summed E-state index contributed by atoms with van der Waals surface area (Å²) in [5.74, 6) is 0.0540. The fourth-order valence-electron chi connectivity index (χ4n) is 5.23. The van der Waals surface area contributed by atoms with E-state index >= 15 is 0 Å². The first-order chi connectivity index (χ1) is 24.6. The van der Waals surface area contributed by atoms with E-state index in [1.54, 1.807) is 26.8 Å². The van der Waals surface area contributed by atoms with Gasteiger partial charge in [-0.1, -0.05) is 105 Å². The smallest absolute Gasteiger partial charge is 0.408 e. The second-order valence-electron chi connectivity index (χ2n) is 15.1. The third kappa shape index (κ3) is 21.0. The number of aryl methyl sites for hydroxylation is 1. The molecule has 2 aromatic carbocycles. The summed E-state index contributed by atoms with van der Waals surface area (Å²) < 4.78 is 39.6. The summed E-state index contributed by atoms with van der Waals surface area (Å²) in [6, 6.07) is 16.5. The Bertz CT molecular complexity index is 1370. The highest BCUT2D eigenvalue weighted by Crippen LogP contribution is 2.38. The molecule has 3 atom stereocenters. The van der Waals surface area contributed by atoms with Crippen molar-refractivity contribution in [3.63, 3.8) is 0 Å². The molecule has 0 saturated heterocycles. The topological polar surface area (TPSA) is 132 Å². The van der Waals surface area contributed by atoms with Gasteiger partial charge in [-0.2, -0.15) is 0 Å². The number of ketones is 1. The maximum atomic E-state index is 12.7. The van der Waals surface area contributed by atoms with Crippen LogP contribution in [0.5, 0.6) is 0 Å². The molecular weight excluding hydrogens is 689 g/mol. The normalized spacial score (nSPS) is 14.5. The Kier molecular flexibility index (Phi) is 20.6. The van der Waals surface area contributed by atoms with Crippen molar-refractivity contribution in [1.29, 1.82) is 0 Å². The van der Waals surface area contributed by atoms with E-state index in [9.17, 15) is 19.0 Å². The van der Waals surface area contributed by atoms with Crippen LogP contribution in [0.25, 0.3) is 0 Å². The number of phosphoric acid groups is 1. The number of methoxy groups -OCH3 is 1. The lowest BCUT2D eigenvalue weighted by molar-refractivity contribution is -0.870. The largest absolute Gasteiger partial charge is 0.756 e. The number of carbonyl (C=O) groups is 2. The first-order valence-corrected chi connectivity index (χ1v) is 19.9. The summed E-state index contributed by atoms with van der Waals surface area (Å²) in [7, 11) is 2.62. The van der Waals surface area contributed by atoms with Crippen LogP contribution in [0.3, 0.4) is 0 Å². The zero-order chi connectivity index (χ0) is 38.5. The van der Waals surface area contributed by atoms with Crippen LogP contribution in [0.15, 0.2) is 66.7 Å². The van der Waals surface area contributed by atoms with Crippen molar-refractivity contribution in [2.24, 2.45) is 0 Å². The molecule has 0 aliphatic heterocycles. The van der Waals surface area contributed by atoms with Gasteiger partial charge in [0.1, 0.15) is 31.6 Å². The summed E-state index contributed by atoms with van der Waals surface area (Å²) in [4.78, 5) is 37.8. The van der Waals surface area contributed by atoms with Crippen LogP contribution >= 0.6 is 7.82 Å². The lowest BCUT2D eigenvalue weighted by Gasteiger charge is -2.31. The Hall–Kier alpha value is -2.89. The molecule has 2 rings (SSSR count). The molecule has 0 aliphatic rings. The second-order valence-corrected chi connectivity index (χ2v) is 16.5. The quantitative estimate of drug-likeness (QED) is 0.0258. The standard InChI is InChI=1S/C40H63N2O9P/c1-40(2,3)51-39(44)41-36(31-50-52(45,46)49-30-29-42(4,5)6)37(48-32-47-7)24-20-15-13-11-9-8-10-12-14-17-21-33-25-27-35(28-26-33)38(43)34-22-18-16-19-23-34/h16,18-20,22-28,36-37H,8-15,17,21,29-32H2,1-7H3,(H-,41,44,45,46)/b24-20+/t36-,37+/m0/s1/i4+2,5+2,6+2. The zero-order valence-electron chi connectivity index (χ0n) is 32.5. The van der Waals surface area contributed by atoms with E-state index in [4.69, 9.17) is 23.3 Å². The highest BCUT2D eigenvalue weighted by Gasteiger charge is 2.27. The van der Waals surface area contributed by atoms with Crippen molar-refractivity contribution in [1.82, 2.24) is 5.32 Å². The Morgan fingerprint density at radius 1 is 0.885 bits per heavy atom. The van der Waals surface area contributed by atoms with Gasteiger partial charge in [-0.25, -0.2) is 4.79 Å². The highest BCUT2D eigenvalue weighted by molar-refractivity contribution is 7.45. The van der Waals surface area contributed by atoms with Crippen LogP contribution in [-0.4, -0.2) is 88.9 Å². The first kappa shape index (κ1) is 45.3. The van der Waals surface area contributed by atoms with E-state index in [1.807, 2.05) is 69.7 Å². The van der Waals surface area contributed by atoms with Crippen molar-refractivity contribution >= 4 is 19.7 Å². The number of hydrogen-bond donors (Lipinski definition) is 1. The molecule has 0 saturated carbocycles. The molecule has 11 nitrogen and oxygen atoms in total. The van der Waals surface area contributed by atoms with Crippen LogP contribution < -0.4 is 10.2 Å². The van der Waals surface area contributed by atoms with Crippen LogP contribution in [0.4, 0.5) is 4.79 Å². The summed E-state index contributed by atoms with van der Waals surface area (Å²) in [5.41, 5.74) is 1.94. The number of amides is 1. The Labute approximate surface area is 312 Å². The summed E-state index contributed by atoms with van der Waals surface area (Å²) in [5, 5.41) is 2.70. The molecule has 0 aliphatic carbocycles. The van der Waals surface area contributed by atoms with Gasteiger partial charge in [0.05, 0.1) is 33.8 Å². The predicted molar refractivity (Wildman–Crippen MR) is 203 cm³/mol. The van der Waals surface area contributed by atoms with E-state index in [0.717, 1.165) is 44.1 Å². The fraction of sp³-hybridized carbons (Fsp3) is 0.600. The van der Waals surface area contributed by atoms with Crippen molar-refractivity contribution in [3.8, 4) is 0 Å². The molecule has 1 N–H and O–H groups in total. The van der Waals surface area contributed by atoms with E-state index in [0.29, 0.717) is 16.6 Å². The van der Waals surface area contributed by atoms with Gasteiger partial charge in [0.25, 0.3) is 7.82 Å². The zero-order valence-corrected chi connectivity index (χ0v) is 33.4. The summed E-state index contributed by atoms with van der Waals surface area (Å²) in [6.07, 6.45) is 13.3. The summed E-state index contributed by atoms with van der Waals surface area (Å²) >= 11 is 0. The van der Waals surface area contributed by atoms with Gasteiger partial charge >= 0.3 is 6.09 Å². The van der Waals surface area contributed by atoms with Gasteiger partial charge in [-0.05, 0) is 52.0 Å². The van der Waals surface area contributed by atoms with Crippen molar-refractivity contribution < 1.29 is 46.8 Å². The molecule has 0 fully saturated rings. The van der Waals surface area contributed by atoms with Gasteiger partial charge in [0.2, 0.25) is 0 Å². The third-order valence-electron chi connectivity index (χ3n) is 8.06. The molecule has 2 aromatic rings. The maximum absolute atomic E-state index is 12.7. The van der Waals surface area contributed by atoms with E-state index in [2.05, 4.69) is 17.4 Å². The Morgan fingerprint density at radius 2 is 1.48 bits per heavy atom. The minimum atomic E-state index is -4.64. The maximum Gasteiger partial charge on any atom is 0.408 e. The van der Waals surface area contributed by atoms with Crippen molar-refractivity contribution in [2.45, 2.75) is 103 Å². The van der Waals surface area contributed by atoms with Crippen molar-refractivity contribution in [3.05, 3.63) is 83.4 Å². The number of nitrogens with one attached hydrogen (secondary N) is 1. The highest BCUT2D eigenvalue weighted by atomic mass is 31.2. The molecule has 52 heavy (non-hydrogen) atoms. The molecule has 1 unspecified atom stereocenters. The van der Waals surface area contributed by atoms with Gasteiger partial charge in [-0.3, -0.25) is 9.36 Å². The lowest BCUT2D eigenvalue weighted by Crippen LogP contribution is -2.48. The number of quaternary nitrogens is 1. The van der Waals surface area contributed by atoms with E-state index in [-0.39, 0.29) is 19.2 Å². The summed E-state index contributed by atoms with van der Waals surface area (Å²) in [6.45, 7) is 5.17. The number of carbonyl (C=O) groups excluding carboxylic acids is 2. The van der Waals surface area contributed by atoms with Crippen LogP contribution in [0.2, 0.25) is 0 Å². The average Bonchev–Trinajstić information content (AvgIpc) is 3.07. The lowest BCUT2D eigenvalue weighted by atomic mass is 9.99. The fourth-order valence-corrected chi connectivity index (χ4v) is 5.95. The number of ether oxygens (including phenoxy) is 3. The number of alkyl carbamates (subject to hydrolysis) is 1. The first-order valence-electron chi connectivity index (χ1n) is 18.4. The Balaban J connectivity index is 1.74. The van der Waals surface area contributed by atoms with Gasteiger partial charge in [0.15, 0.2) is 5.78 Å². The Morgan fingerprint density at radius 3 is 2.08 bits per heavy atom. The molecular formula is C40H63N2O9P. The number of benzene rings is 2. The number of allylic oxidation sites excluding steroid dienone is 1. The minimum Gasteiger partial charge on any atom is -0.756 e. The predicted octanol–water partition coefficient (Wildman–Crippen LogP) is 7.62. The van der Waals surface area contributed by atoms with Crippen LogP contribution in [0, 0.1) is 0 Å². The molecule has 0 radical (unpaired) electrons. The van der Waals surface area contributed by atoms with E-state index in [1.165, 1.54) is 38.4 Å². The molecule has 12 heteroatoms. The molecule has 0 heterocycles. The molecule has 292 valence electrons. The molecule has 0 spiro atoms. The van der Waals surface area contributed by atoms with Gasteiger partial charge in [0, 0.05) is 18.2 Å². The number of likely N-dealkylation sites (N-methyl/N-ethyl adjacent to an activating group) is 1. The number of rotatable bonds is 26. The SMILES string of the molecule is COCO[C@H](/C=C/CCCCCCCCCCc1ccc(C(=O)c2ccccc2)cc1)[C@H](COP(=O)([O-])OCC[N+]([14CH3])([14CH3])[14CH3])NC(=O)OC(C)(C)C. The molecule has 0 bridgehead atoms. The van der Waals surface area contributed by atoms with Gasteiger partial charge < -0.3 is 38.0 Å². The third-order valence-corrected chi connectivity index (χ3v) is 9.03. The van der Waals surface area contributed by atoms with Crippen LogP contribution in [0.1, 0.15) is 100 Å². The number of nitrogens with zero attached hydrogens (tertiary/aromatic N) is 1. The number of unbranched alkanes of at least 4 members (excludes halogenated alkanes) is 8. The molecule has 0 aromatic heterocycles. The number of hydrogen-bond acceptors (Lipinski definition) is 9. The monoisotopic (exact) mass is 752 g/mol. The van der Waals surface area contributed by atoms with Crippen molar-refractivity contribution in [2.75, 3.05) is 54.8 Å².